The van der Waals surface area contributed by atoms with E-state index in [1.165, 1.54) is 15.9 Å². The van der Waals surface area contributed by atoms with Crippen molar-refractivity contribution in [1.82, 2.24) is 14.6 Å². The first-order valence-corrected chi connectivity index (χ1v) is 9.93. The Kier molecular flexibility index (Phi) is 4.03. The van der Waals surface area contributed by atoms with Crippen LogP contribution in [0.1, 0.15) is 12.5 Å². The molecule has 0 saturated heterocycles. The van der Waals surface area contributed by atoms with Crippen LogP contribution in [0.15, 0.2) is 58.9 Å². The highest BCUT2D eigenvalue weighted by molar-refractivity contribution is 7.15. The van der Waals surface area contributed by atoms with Gasteiger partial charge in [-0.15, -0.1) is 5.10 Å². The molecule has 2 aromatic carbocycles. The van der Waals surface area contributed by atoms with E-state index >= 15 is 0 Å². The number of hydrogen-bond acceptors (Lipinski definition) is 5. The van der Waals surface area contributed by atoms with E-state index in [1.807, 2.05) is 61.5 Å². The van der Waals surface area contributed by atoms with E-state index in [0.717, 1.165) is 16.9 Å². The van der Waals surface area contributed by atoms with Gasteiger partial charge in [0.15, 0.2) is 5.82 Å². The predicted molar refractivity (Wildman–Crippen MR) is 112 cm³/mol. The van der Waals surface area contributed by atoms with Gasteiger partial charge in [-0.2, -0.15) is 9.50 Å². The molecule has 5 nitrogen and oxygen atoms in total. The van der Waals surface area contributed by atoms with Crippen molar-refractivity contribution in [3.8, 4) is 17.1 Å². The number of thiazole rings is 1. The summed E-state index contributed by atoms with van der Waals surface area (Å²) in [6.07, 6.45) is 3.77. The number of ether oxygens (including phenoxy) is 1. The van der Waals surface area contributed by atoms with Crippen molar-refractivity contribution in [1.29, 1.82) is 0 Å². The zero-order chi connectivity index (χ0) is 19.3. The second kappa shape index (κ2) is 6.58. The largest absolute Gasteiger partial charge is 0.485 e. The Morgan fingerprint density at radius 1 is 1.18 bits per heavy atom. The van der Waals surface area contributed by atoms with Crippen LogP contribution in [-0.2, 0) is 0 Å². The van der Waals surface area contributed by atoms with Crippen LogP contribution in [0.3, 0.4) is 0 Å². The van der Waals surface area contributed by atoms with Crippen molar-refractivity contribution in [2.45, 2.75) is 13.0 Å². The first-order valence-electron chi connectivity index (χ1n) is 8.73. The van der Waals surface area contributed by atoms with Crippen molar-refractivity contribution >= 4 is 40.1 Å². The molecule has 28 heavy (non-hydrogen) atoms. The lowest BCUT2D eigenvalue weighted by Crippen LogP contribution is -2.26. The maximum Gasteiger partial charge on any atom is 0.291 e. The van der Waals surface area contributed by atoms with Crippen LogP contribution in [0.25, 0.3) is 28.5 Å². The van der Waals surface area contributed by atoms with Gasteiger partial charge in [-0.1, -0.05) is 53.3 Å². The highest BCUT2D eigenvalue weighted by Gasteiger charge is 2.18. The second-order valence-electron chi connectivity index (χ2n) is 6.47. The SMILES string of the molecule is CC1Oc2ccccc2C=C1/C=c1/sc2nc(-c3ccccc3Cl)nn2c1=O. The average molecular weight is 408 g/mol. The van der Waals surface area contributed by atoms with E-state index in [4.69, 9.17) is 16.3 Å². The van der Waals surface area contributed by atoms with E-state index in [2.05, 4.69) is 10.1 Å². The summed E-state index contributed by atoms with van der Waals surface area (Å²) in [5.74, 6) is 1.30. The Hall–Kier alpha value is -2.96. The fraction of sp³-hybridized carbons (Fsp3) is 0.0952. The van der Waals surface area contributed by atoms with E-state index in [0.29, 0.717) is 25.9 Å². The van der Waals surface area contributed by atoms with E-state index < -0.39 is 0 Å². The zero-order valence-electron chi connectivity index (χ0n) is 14.8. The maximum absolute atomic E-state index is 12.8. The summed E-state index contributed by atoms with van der Waals surface area (Å²) >= 11 is 7.52. The van der Waals surface area contributed by atoms with Gasteiger partial charge >= 0.3 is 0 Å². The fourth-order valence-electron chi connectivity index (χ4n) is 3.16. The molecule has 0 saturated carbocycles. The second-order valence-corrected chi connectivity index (χ2v) is 7.88. The van der Waals surface area contributed by atoms with Crippen LogP contribution >= 0.6 is 22.9 Å². The molecule has 0 spiro atoms. The summed E-state index contributed by atoms with van der Waals surface area (Å²) in [5, 5.41) is 4.91. The molecule has 1 aliphatic heterocycles. The molecule has 1 unspecified atom stereocenters. The van der Waals surface area contributed by atoms with Gasteiger partial charge in [-0.3, -0.25) is 4.79 Å². The first kappa shape index (κ1) is 17.2. The number of aromatic nitrogens is 3. The normalized spacial score (nSPS) is 16.7. The minimum absolute atomic E-state index is 0.143. The number of nitrogens with zero attached hydrogens (tertiary/aromatic N) is 3. The van der Waals surface area contributed by atoms with Crippen molar-refractivity contribution < 1.29 is 4.74 Å². The first-order chi connectivity index (χ1) is 13.6. The van der Waals surface area contributed by atoms with Gasteiger partial charge in [-0.05, 0) is 42.8 Å². The lowest BCUT2D eigenvalue weighted by atomic mass is 10.0. The summed E-state index contributed by atoms with van der Waals surface area (Å²) in [7, 11) is 0. The number of hydrogen-bond donors (Lipinski definition) is 0. The van der Waals surface area contributed by atoms with Crippen molar-refractivity contribution in [3.63, 3.8) is 0 Å². The molecule has 0 amide bonds. The molecule has 0 N–H and O–H groups in total. The Morgan fingerprint density at radius 2 is 1.96 bits per heavy atom. The molecule has 7 heteroatoms. The third kappa shape index (κ3) is 2.82. The molecule has 0 radical (unpaired) electrons. The summed E-state index contributed by atoms with van der Waals surface area (Å²) in [6, 6.07) is 15.2. The van der Waals surface area contributed by atoms with Crippen molar-refractivity contribution in [3.05, 3.63) is 79.6 Å². The van der Waals surface area contributed by atoms with Crippen molar-refractivity contribution in [2.24, 2.45) is 0 Å². The Bertz CT molecular complexity index is 1360. The lowest BCUT2D eigenvalue weighted by molar-refractivity contribution is 0.259. The Morgan fingerprint density at radius 3 is 2.79 bits per heavy atom. The lowest BCUT2D eigenvalue weighted by Gasteiger charge is -2.22. The quantitative estimate of drug-likeness (QED) is 0.506. The Balaban J connectivity index is 1.60. The molecule has 5 rings (SSSR count). The molecule has 0 bridgehead atoms. The van der Waals surface area contributed by atoms with Gasteiger partial charge in [0, 0.05) is 11.1 Å². The highest BCUT2D eigenvalue weighted by atomic mass is 35.5. The molecule has 4 aromatic rings. The summed E-state index contributed by atoms with van der Waals surface area (Å²) < 4.78 is 7.85. The summed E-state index contributed by atoms with van der Waals surface area (Å²) in [4.78, 5) is 17.8. The number of benzene rings is 2. The van der Waals surface area contributed by atoms with Gasteiger partial charge < -0.3 is 4.74 Å². The monoisotopic (exact) mass is 407 g/mol. The molecular formula is C21H14ClN3O2S. The third-order valence-electron chi connectivity index (χ3n) is 4.61. The van der Waals surface area contributed by atoms with E-state index in [9.17, 15) is 4.79 Å². The molecule has 2 aromatic heterocycles. The van der Waals surface area contributed by atoms with Gasteiger partial charge in [0.1, 0.15) is 11.9 Å². The number of rotatable bonds is 2. The number of para-hydroxylation sites is 1. The summed E-state index contributed by atoms with van der Waals surface area (Å²) in [6.45, 7) is 1.97. The average Bonchev–Trinajstić information content (AvgIpc) is 3.22. The topological polar surface area (TPSA) is 56.5 Å². The van der Waals surface area contributed by atoms with Gasteiger partial charge in [0.05, 0.1) is 9.55 Å². The van der Waals surface area contributed by atoms with Crippen LogP contribution in [0.2, 0.25) is 5.02 Å². The molecule has 0 aliphatic carbocycles. The smallest absolute Gasteiger partial charge is 0.291 e. The minimum atomic E-state index is -0.197. The minimum Gasteiger partial charge on any atom is -0.485 e. The number of fused-ring (bicyclic) bond motifs is 2. The number of halogens is 1. The zero-order valence-corrected chi connectivity index (χ0v) is 16.4. The van der Waals surface area contributed by atoms with E-state index in [1.54, 1.807) is 6.07 Å². The standard InChI is InChI=1S/C21H14ClN3O2S/c1-12-14(10-13-6-2-5-9-17(13)27-12)11-18-20(26)25-21(28-18)23-19(24-25)15-7-3-4-8-16(15)22/h2-12H,1H3/b18-11+. The summed E-state index contributed by atoms with van der Waals surface area (Å²) in [5.41, 5.74) is 2.45. The molecule has 3 heterocycles. The highest BCUT2D eigenvalue weighted by Crippen LogP contribution is 2.30. The van der Waals surface area contributed by atoms with Crippen LogP contribution in [0, 0.1) is 0 Å². The van der Waals surface area contributed by atoms with Crippen LogP contribution in [0.5, 0.6) is 5.75 Å². The predicted octanol–water partition coefficient (Wildman–Crippen LogP) is 3.84. The fourth-order valence-corrected chi connectivity index (χ4v) is 4.29. The van der Waals surface area contributed by atoms with Gasteiger partial charge in [0.2, 0.25) is 4.96 Å². The van der Waals surface area contributed by atoms with E-state index in [-0.39, 0.29) is 11.7 Å². The molecule has 1 aliphatic rings. The third-order valence-corrected chi connectivity index (χ3v) is 5.90. The van der Waals surface area contributed by atoms with Crippen LogP contribution < -0.4 is 14.8 Å². The molecule has 138 valence electrons. The van der Waals surface area contributed by atoms with Crippen LogP contribution in [-0.4, -0.2) is 20.7 Å². The van der Waals surface area contributed by atoms with Gasteiger partial charge in [-0.25, -0.2) is 0 Å². The molecule has 1 atom stereocenters. The molecule has 0 fully saturated rings. The molecular weight excluding hydrogens is 394 g/mol. The van der Waals surface area contributed by atoms with Gasteiger partial charge in [0.25, 0.3) is 5.56 Å². The Labute approximate surface area is 169 Å². The maximum atomic E-state index is 12.8. The van der Waals surface area contributed by atoms with Crippen LogP contribution in [0.4, 0.5) is 0 Å². The van der Waals surface area contributed by atoms with Crippen molar-refractivity contribution in [2.75, 3.05) is 0 Å².